The largest absolute Gasteiger partial charge is 0.497 e. The second-order valence-electron chi connectivity index (χ2n) is 8.22. The highest BCUT2D eigenvalue weighted by Crippen LogP contribution is 2.31. The predicted octanol–water partition coefficient (Wildman–Crippen LogP) is 3.90. The molecule has 0 N–H and O–H groups in total. The monoisotopic (exact) mass is 520 g/mol. The smallest absolute Gasteiger partial charge is 0.266 e. The van der Waals surface area contributed by atoms with Crippen molar-refractivity contribution in [3.05, 3.63) is 78.2 Å². The Kier molecular flexibility index (Phi) is 6.85. The van der Waals surface area contributed by atoms with Crippen molar-refractivity contribution in [2.45, 2.75) is 11.5 Å². The van der Waals surface area contributed by atoms with Gasteiger partial charge in [-0.05, 0) is 48.5 Å². The standard InChI is InChI=1S/C26H24N4O6S/c1-33-19-7-9-20(10-8-19)34-18-21-11-12-24(35-21)25-28-23(17-27)26(36-25)29-13-15-30(16-14-29)37(31,32)22-5-3-2-4-6-22/h2-12H,13-16,18H2,1H3. The molecule has 0 atom stereocenters. The van der Waals surface area contributed by atoms with Crippen LogP contribution in [0, 0.1) is 11.3 Å². The van der Waals surface area contributed by atoms with Gasteiger partial charge in [-0.1, -0.05) is 18.2 Å². The molecule has 37 heavy (non-hydrogen) atoms. The van der Waals surface area contributed by atoms with Crippen LogP contribution < -0.4 is 14.4 Å². The molecule has 11 heteroatoms. The van der Waals surface area contributed by atoms with E-state index in [-0.39, 0.29) is 36.2 Å². The second-order valence-corrected chi connectivity index (χ2v) is 10.2. The summed E-state index contributed by atoms with van der Waals surface area (Å²) in [5, 5.41) is 9.63. The fourth-order valence-electron chi connectivity index (χ4n) is 3.97. The molecule has 3 heterocycles. The minimum atomic E-state index is -3.59. The Morgan fingerprint density at radius 1 is 0.946 bits per heavy atom. The zero-order valence-corrected chi connectivity index (χ0v) is 20.8. The fraction of sp³-hybridized carbons (Fsp3) is 0.231. The number of ether oxygens (including phenoxy) is 2. The molecule has 2 aromatic heterocycles. The van der Waals surface area contributed by atoms with Gasteiger partial charge in [-0.15, -0.1) is 0 Å². The molecule has 10 nitrogen and oxygen atoms in total. The maximum atomic E-state index is 12.9. The topological polar surface area (TPSA) is 122 Å². The molecule has 4 aromatic rings. The molecule has 2 aromatic carbocycles. The number of nitriles is 1. The van der Waals surface area contributed by atoms with Crippen LogP contribution in [-0.2, 0) is 16.6 Å². The molecule has 0 amide bonds. The van der Waals surface area contributed by atoms with Crippen LogP contribution in [0.15, 0.2) is 80.5 Å². The highest BCUT2D eigenvalue weighted by molar-refractivity contribution is 7.89. The lowest BCUT2D eigenvalue weighted by atomic mass is 10.3. The summed E-state index contributed by atoms with van der Waals surface area (Å²) in [6, 6.07) is 21.1. The highest BCUT2D eigenvalue weighted by atomic mass is 32.2. The van der Waals surface area contributed by atoms with Gasteiger partial charge in [0.05, 0.1) is 12.0 Å². The molecule has 1 aliphatic heterocycles. The lowest BCUT2D eigenvalue weighted by molar-refractivity contribution is 0.270. The van der Waals surface area contributed by atoms with Gasteiger partial charge in [0.15, 0.2) is 5.76 Å². The highest BCUT2D eigenvalue weighted by Gasteiger charge is 2.31. The van der Waals surface area contributed by atoms with Crippen molar-refractivity contribution in [1.29, 1.82) is 5.26 Å². The zero-order valence-electron chi connectivity index (χ0n) is 20.0. The van der Waals surface area contributed by atoms with E-state index in [1.165, 1.54) is 4.31 Å². The quantitative estimate of drug-likeness (QED) is 0.340. The molecule has 0 saturated carbocycles. The van der Waals surface area contributed by atoms with Crippen molar-refractivity contribution >= 4 is 15.9 Å². The van der Waals surface area contributed by atoms with Crippen LogP contribution in [0.4, 0.5) is 5.88 Å². The van der Waals surface area contributed by atoms with Crippen molar-refractivity contribution in [3.63, 3.8) is 0 Å². The summed E-state index contributed by atoms with van der Waals surface area (Å²) in [6.45, 7) is 1.42. The molecule has 0 aliphatic carbocycles. The summed E-state index contributed by atoms with van der Waals surface area (Å²) in [6.07, 6.45) is 0. The summed E-state index contributed by atoms with van der Waals surface area (Å²) < 4.78 is 49.9. The number of rotatable bonds is 8. The molecule has 5 rings (SSSR count). The first-order valence-corrected chi connectivity index (χ1v) is 13.0. The number of hydrogen-bond donors (Lipinski definition) is 0. The number of hydrogen-bond acceptors (Lipinski definition) is 9. The van der Waals surface area contributed by atoms with E-state index in [1.807, 2.05) is 4.90 Å². The summed E-state index contributed by atoms with van der Waals surface area (Å²) in [5.41, 5.74) is 0.113. The van der Waals surface area contributed by atoms with Crippen molar-refractivity contribution in [2.75, 3.05) is 38.2 Å². The lowest BCUT2D eigenvalue weighted by Crippen LogP contribution is -2.48. The number of sulfonamides is 1. The van der Waals surface area contributed by atoms with Crippen LogP contribution >= 0.6 is 0 Å². The van der Waals surface area contributed by atoms with Crippen LogP contribution in [0.1, 0.15) is 11.5 Å². The first kappa shape index (κ1) is 24.4. The van der Waals surface area contributed by atoms with Gasteiger partial charge in [0.1, 0.15) is 29.9 Å². The molecule has 0 unspecified atom stereocenters. The summed E-state index contributed by atoms with van der Waals surface area (Å²) in [7, 11) is -1.99. The van der Waals surface area contributed by atoms with Gasteiger partial charge in [0.2, 0.25) is 21.6 Å². The molecular weight excluding hydrogens is 496 g/mol. The van der Waals surface area contributed by atoms with Crippen molar-refractivity contribution in [1.82, 2.24) is 9.29 Å². The van der Waals surface area contributed by atoms with Gasteiger partial charge in [-0.2, -0.15) is 14.6 Å². The Balaban J connectivity index is 1.25. The normalized spacial score (nSPS) is 14.3. The van der Waals surface area contributed by atoms with E-state index in [1.54, 1.807) is 73.8 Å². The van der Waals surface area contributed by atoms with Crippen LogP contribution in [0.3, 0.4) is 0 Å². The molecule has 190 valence electrons. The third kappa shape index (κ3) is 5.16. The number of anilines is 1. The van der Waals surface area contributed by atoms with E-state index in [2.05, 4.69) is 11.1 Å². The SMILES string of the molecule is COc1ccc(OCc2ccc(-c3nc(C#N)c(N4CCN(S(=O)(=O)c5ccccc5)CC4)o3)o2)cc1. The van der Waals surface area contributed by atoms with Gasteiger partial charge in [-0.3, -0.25) is 0 Å². The molecular formula is C26H24N4O6S. The molecule has 1 aliphatic rings. The summed E-state index contributed by atoms with van der Waals surface area (Å²) in [5.74, 6) is 2.78. The van der Waals surface area contributed by atoms with Gasteiger partial charge >= 0.3 is 0 Å². The number of benzene rings is 2. The number of piperazine rings is 1. The van der Waals surface area contributed by atoms with Crippen LogP contribution in [0.2, 0.25) is 0 Å². The third-order valence-corrected chi connectivity index (χ3v) is 7.85. The Morgan fingerprint density at radius 2 is 1.65 bits per heavy atom. The minimum absolute atomic E-state index is 0.113. The van der Waals surface area contributed by atoms with Crippen LogP contribution in [0.25, 0.3) is 11.7 Å². The predicted molar refractivity (Wildman–Crippen MR) is 134 cm³/mol. The molecule has 0 bridgehead atoms. The Labute approximate surface area is 214 Å². The minimum Gasteiger partial charge on any atom is -0.497 e. The van der Waals surface area contributed by atoms with E-state index in [0.717, 1.165) is 5.75 Å². The first-order valence-electron chi connectivity index (χ1n) is 11.5. The van der Waals surface area contributed by atoms with E-state index in [4.69, 9.17) is 18.3 Å². The van der Waals surface area contributed by atoms with E-state index in [0.29, 0.717) is 36.2 Å². The Morgan fingerprint density at radius 3 is 2.32 bits per heavy atom. The Hall–Kier alpha value is -4.27. The second kappa shape index (κ2) is 10.4. The van der Waals surface area contributed by atoms with E-state index >= 15 is 0 Å². The average molecular weight is 521 g/mol. The average Bonchev–Trinajstić information content (AvgIpc) is 3.60. The molecule has 1 saturated heterocycles. The van der Waals surface area contributed by atoms with Gasteiger partial charge in [0, 0.05) is 26.2 Å². The number of nitrogens with zero attached hydrogens (tertiary/aromatic N) is 4. The van der Waals surface area contributed by atoms with E-state index in [9.17, 15) is 13.7 Å². The number of furan rings is 1. The zero-order chi connectivity index (χ0) is 25.8. The molecule has 0 spiro atoms. The number of oxazole rings is 1. The maximum Gasteiger partial charge on any atom is 0.266 e. The summed E-state index contributed by atoms with van der Waals surface area (Å²) >= 11 is 0. The van der Waals surface area contributed by atoms with Crippen LogP contribution in [0.5, 0.6) is 11.5 Å². The van der Waals surface area contributed by atoms with Crippen molar-refractivity contribution in [3.8, 4) is 29.2 Å². The van der Waals surface area contributed by atoms with Crippen LogP contribution in [-0.4, -0.2) is 51.0 Å². The number of aromatic nitrogens is 1. The van der Waals surface area contributed by atoms with Crippen molar-refractivity contribution in [2.24, 2.45) is 0 Å². The van der Waals surface area contributed by atoms with E-state index < -0.39 is 10.0 Å². The van der Waals surface area contributed by atoms with Gasteiger partial charge in [-0.25, -0.2) is 8.42 Å². The maximum absolute atomic E-state index is 12.9. The summed E-state index contributed by atoms with van der Waals surface area (Å²) in [4.78, 5) is 6.37. The molecule has 1 fully saturated rings. The first-order chi connectivity index (χ1) is 18.0. The third-order valence-electron chi connectivity index (χ3n) is 5.93. The fourth-order valence-corrected chi connectivity index (χ4v) is 5.42. The number of methoxy groups -OCH3 is 1. The van der Waals surface area contributed by atoms with Crippen molar-refractivity contribution < 1.29 is 26.7 Å². The Bertz CT molecular complexity index is 1500. The lowest BCUT2D eigenvalue weighted by Gasteiger charge is -2.33. The van der Waals surface area contributed by atoms with Gasteiger partial charge in [0.25, 0.3) is 5.89 Å². The molecule has 0 radical (unpaired) electrons. The van der Waals surface area contributed by atoms with Gasteiger partial charge < -0.3 is 23.2 Å².